The highest BCUT2D eigenvalue weighted by atomic mass is 19.1. The number of ether oxygens (including phenoxy) is 1. The van der Waals surface area contributed by atoms with Gasteiger partial charge in [0, 0.05) is 5.56 Å². The molecular formula is C11H11FO2. The van der Waals surface area contributed by atoms with Crippen molar-refractivity contribution in [2.75, 3.05) is 6.61 Å². The molecule has 0 fully saturated rings. The molecule has 0 atom stereocenters. The number of benzene rings is 1. The zero-order chi connectivity index (χ0) is 10.6. The molecule has 0 saturated carbocycles. The minimum Gasteiger partial charge on any atom is -0.490 e. The molecule has 1 aromatic carbocycles. The molecular weight excluding hydrogens is 183 g/mol. The molecule has 0 saturated heterocycles. The van der Waals surface area contributed by atoms with Crippen molar-refractivity contribution in [3.05, 3.63) is 48.0 Å². The first-order valence-electron chi connectivity index (χ1n) is 4.27. The summed E-state index contributed by atoms with van der Waals surface area (Å²) in [6, 6.07) is 5.27. The largest absolute Gasteiger partial charge is 0.490 e. The first kappa shape index (κ1) is 10.4. The van der Waals surface area contributed by atoms with Gasteiger partial charge in [0.05, 0.1) is 6.61 Å². The van der Waals surface area contributed by atoms with Gasteiger partial charge in [0.1, 0.15) is 5.82 Å². The Morgan fingerprint density at radius 1 is 1.43 bits per heavy atom. The van der Waals surface area contributed by atoms with Crippen LogP contribution in [0.3, 0.4) is 0 Å². The minimum atomic E-state index is -0.372. The first-order chi connectivity index (χ1) is 6.65. The molecule has 2 nitrogen and oxygen atoms in total. The molecule has 0 aliphatic heterocycles. The van der Waals surface area contributed by atoms with Gasteiger partial charge in [0.2, 0.25) is 5.78 Å². The number of allylic oxidation sites excluding steroid dienone is 1. The third-order valence-electron chi connectivity index (χ3n) is 1.68. The van der Waals surface area contributed by atoms with Crippen LogP contribution >= 0.6 is 0 Å². The number of halogens is 1. The van der Waals surface area contributed by atoms with Crippen LogP contribution in [0.25, 0.3) is 0 Å². The topological polar surface area (TPSA) is 26.3 Å². The van der Waals surface area contributed by atoms with Crippen LogP contribution in [0.1, 0.15) is 17.3 Å². The summed E-state index contributed by atoms with van der Waals surface area (Å²) in [7, 11) is 0. The van der Waals surface area contributed by atoms with E-state index in [2.05, 4.69) is 6.58 Å². The summed E-state index contributed by atoms with van der Waals surface area (Å²) >= 11 is 0. The Labute approximate surface area is 82.0 Å². The number of Topliss-reactive ketones (excluding diaryl/α,β-unsaturated/α-hetero) is 1. The minimum absolute atomic E-state index is 0.0825. The Kier molecular flexibility index (Phi) is 3.40. The van der Waals surface area contributed by atoms with Crippen molar-refractivity contribution in [1.82, 2.24) is 0 Å². The summed E-state index contributed by atoms with van der Waals surface area (Å²) < 4.78 is 17.5. The lowest BCUT2D eigenvalue weighted by Crippen LogP contribution is -2.05. The highest BCUT2D eigenvalue weighted by Crippen LogP contribution is 2.09. The van der Waals surface area contributed by atoms with Gasteiger partial charge in [-0.2, -0.15) is 0 Å². The summed E-state index contributed by atoms with van der Waals surface area (Å²) in [5.74, 6) is -0.602. The van der Waals surface area contributed by atoms with Crippen LogP contribution in [-0.2, 0) is 4.74 Å². The maximum Gasteiger partial charge on any atom is 0.226 e. The predicted octanol–water partition coefficient (Wildman–Crippen LogP) is 2.56. The van der Waals surface area contributed by atoms with E-state index in [0.29, 0.717) is 12.2 Å². The van der Waals surface area contributed by atoms with E-state index in [1.807, 2.05) is 0 Å². The maximum atomic E-state index is 12.5. The average Bonchev–Trinajstić information content (AvgIpc) is 2.18. The molecule has 0 aliphatic carbocycles. The molecule has 74 valence electrons. The number of carbonyl (C=O) groups excluding carboxylic acids is 1. The van der Waals surface area contributed by atoms with E-state index in [0.717, 1.165) is 0 Å². The van der Waals surface area contributed by atoms with Crippen LogP contribution in [0, 0.1) is 5.82 Å². The van der Waals surface area contributed by atoms with Crippen LogP contribution in [0.4, 0.5) is 4.39 Å². The highest BCUT2D eigenvalue weighted by molar-refractivity contribution is 6.06. The van der Waals surface area contributed by atoms with E-state index in [4.69, 9.17) is 4.74 Å². The second-order valence-electron chi connectivity index (χ2n) is 2.69. The van der Waals surface area contributed by atoms with Crippen molar-refractivity contribution in [1.29, 1.82) is 0 Å². The number of hydrogen-bond acceptors (Lipinski definition) is 2. The third kappa shape index (κ3) is 2.42. The van der Waals surface area contributed by atoms with E-state index < -0.39 is 0 Å². The summed E-state index contributed by atoms with van der Waals surface area (Å²) in [6.07, 6.45) is 0. The lowest BCUT2D eigenvalue weighted by atomic mass is 10.1. The smallest absolute Gasteiger partial charge is 0.226 e. The lowest BCUT2D eigenvalue weighted by Gasteiger charge is -2.04. The summed E-state index contributed by atoms with van der Waals surface area (Å²) in [4.78, 5) is 11.5. The Bertz CT molecular complexity index is 341. The monoisotopic (exact) mass is 194 g/mol. The normalized spacial score (nSPS) is 9.57. The lowest BCUT2D eigenvalue weighted by molar-refractivity contribution is 0.0929. The molecule has 1 aromatic rings. The van der Waals surface area contributed by atoms with Crippen LogP contribution in [0.2, 0.25) is 0 Å². The van der Waals surface area contributed by atoms with Gasteiger partial charge in [-0.25, -0.2) is 4.39 Å². The van der Waals surface area contributed by atoms with Gasteiger partial charge in [-0.3, -0.25) is 4.79 Å². The first-order valence-corrected chi connectivity index (χ1v) is 4.27. The van der Waals surface area contributed by atoms with Crippen molar-refractivity contribution >= 4 is 5.78 Å². The van der Waals surface area contributed by atoms with Crippen LogP contribution in [0.5, 0.6) is 0 Å². The summed E-state index contributed by atoms with van der Waals surface area (Å²) in [6.45, 7) is 5.64. The molecule has 14 heavy (non-hydrogen) atoms. The Morgan fingerprint density at radius 2 is 2.00 bits per heavy atom. The van der Waals surface area contributed by atoms with Crippen LogP contribution in [0.15, 0.2) is 36.6 Å². The van der Waals surface area contributed by atoms with E-state index in [1.165, 1.54) is 24.3 Å². The predicted molar refractivity (Wildman–Crippen MR) is 51.5 cm³/mol. The average molecular weight is 194 g/mol. The van der Waals surface area contributed by atoms with Gasteiger partial charge >= 0.3 is 0 Å². The zero-order valence-electron chi connectivity index (χ0n) is 7.92. The van der Waals surface area contributed by atoms with Crippen molar-refractivity contribution in [2.45, 2.75) is 6.92 Å². The van der Waals surface area contributed by atoms with E-state index >= 15 is 0 Å². The molecule has 1 rings (SSSR count). The fourth-order valence-electron chi connectivity index (χ4n) is 1.00. The van der Waals surface area contributed by atoms with E-state index in [-0.39, 0.29) is 17.4 Å². The van der Waals surface area contributed by atoms with Gasteiger partial charge in [-0.05, 0) is 31.2 Å². The fraction of sp³-hybridized carbons (Fsp3) is 0.182. The maximum absolute atomic E-state index is 12.5. The van der Waals surface area contributed by atoms with Gasteiger partial charge < -0.3 is 4.74 Å². The summed E-state index contributed by atoms with van der Waals surface area (Å²) in [5, 5.41) is 0. The third-order valence-corrected chi connectivity index (χ3v) is 1.68. The Balaban J connectivity index is 2.79. The van der Waals surface area contributed by atoms with Gasteiger partial charge in [-0.15, -0.1) is 0 Å². The SMILES string of the molecule is C=C(OCC)C(=O)c1ccc(F)cc1. The van der Waals surface area contributed by atoms with Crippen molar-refractivity contribution in [2.24, 2.45) is 0 Å². The molecule has 0 aromatic heterocycles. The van der Waals surface area contributed by atoms with Crippen LogP contribution < -0.4 is 0 Å². The Morgan fingerprint density at radius 3 is 2.50 bits per heavy atom. The standard InChI is InChI=1S/C11H11FO2/c1-3-14-8(2)11(13)9-4-6-10(12)7-5-9/h4-7H,2-3H2,1H3. The highest BCUT2D eigenvalue weighted by Gasteiger charge is 2.10. The van der Waals surface area contributed by atoms with Gasteiger partial charge in [0.25, 0.3) is 0 Å². The quantitative estimate of drug-likeness (QED) is 0.418. The number of ketones is 1. The molecule has 3 heteroatoms. The van der Waals surface area contributed by atoms with Crippen molar-refractivity contribution in [3.8, 4) is 0 Å². The molecule has 0 amide bonds. The number of rotatable bonds is 4. The van der Waals surface area contributed by atoms with Crippen molar-refractivity contribution in [3.63, 3.8) is 0 Å². The number of hydrogen-bond donors (Lipinski definition) is 0. The summed E-state index contributed by atoms with van der Waals surface area (Å²) in [5.41, 5.74) is 0.379. The van der Waals surface area contributed by atoms with Crippen molar-refractivity contribution < 1.29 is 13.9 Å². The van der Waals surface area contributed by atoms with Gasteiger partial charge in [-0.1, -0.05) is 6.58 Å². The van der Waals surface area contributed by atoms with E-state index in [9.17, 15) is 9.18 Å². The molecule has 0 spiro atoms. The molecule has 0 unspecified atom stereocenters. The Hall–Kier alpha value is -1.64. The molecule has 0 heterocycles. The molecule has 0 radical (unpaired) electrons. The number of carbonyl (C=O) groups is 1. The van der Waals surface area contributed by atoms with Gasteiger partial charge in [0.15, 0.2) is 5.76 Å². The molecule has 0 bridgehead atoms. The fourth-order valence-corrected chi connectivity index (χ4v) is 1.00. The van der Waals surface area contributed by atoms with Crippen LogP contribution in [-0.4, -0.2) is 12.4 Å². The second kappa shape index (κ2) is 4.56. The molecule has 0 N–H and O–H groups in total. The zero-order valence-corrected chi connectivity index (χ0v) is 7.92. The molecule has 0 aliphatic rings. The second-order valence-corrected chi connectivity index (χ2v) is 2.69. The van der Waals surface area contributed by atoms with E-state index in [1.54, 1.807) is 6.92 Å².